The Morgan fingerprint density at radius 2 is 1.95 bits per heavy atom. The minimum atomic E-state index is -0.351. The number of carbonyl (C=O) groups excluding carboxylic acids is 1. The van der Waals surface area contributed by atoms with Crippen molar-refractivity contribution in [1.82, 2.24) is 4.90 Å². The van der Waals surface area contributed by atoms with Crippen molar-refractivity contribution in [1.29, 1.82) is 0 Å². The Hall–Kier alpha value is -1.51. The van der Waals surface area contributed by atoms with Crippen LogP contribution < -0.4 is 5.32 Å². The topological polar surface area (TPSA) is 32.3 Å². The fourth-order valence-electron chi connectivity index (χ4n) is 3.26. The van der Waals surface area contributed by atoms with Crippen LogP contribution in [0.5, 0.6) is 0 Å². The van der Waals surface area contributed by atoms with Crippen LogP contribution in [0.15, 0.2) is 30.3 Å². The summed E-state index contributed by atoms with van der Waals surface area (Å²) in [4.78, 5) is 14.9. The number of nitrogens with zero attached hydrogens (tertiary/aromatic N) is 1. The molecule has 0 radical (unpaired) electrons. The SMILES string of the molecule is CC1CCN1C(=O)C1(Nc2ccccc2)CCCC1. The molecule has 19 heavy (non-hydrogen) atoms. The molecule has 2 fully saturated rings. The average Bonchev–Trinajstić information content (AvgIpc) is 2.88. The van der Waals surface area contributed by atoms with Gasteiger partial charge in [0.25, 0.3) is 0 Å². The van der Waals surface area contributed by atoms with Gasteiger partial charge in [-0.05, 0) is 38.3 Å². The maximum Gasteiger partial charge on any atom is 0.248 e. The van der Waals surface area contributed by atoms with Gasteiger partial charge < -0.3 is 10.2 Å². The minimum absolute atomic E-state index is 0.313. The van der Waals surface area contributed by atoms with Gasteiger partial charge in [0.1, 0.15) is 5.54 Å². The Kier molecular flexibility index (Phi) is 3.21. The molecule has 1 saturated heterocycles. The fraction of sp³-hybridized carbons (Fsp3) is 0.562. The van der Waals surface area contributed by atoms with E-state index in [0.29, 0.717) is 11.9 Å². The van der Waals surface area contributed by atoms with Crippen molar-refractivity contribution < 1.29 is 4.79 Å². The highest BCUT2D eigenvalue weighted by atomic mass is 16.2. The predicted octanol–water partition coefficient (Wildman–Crippen LogP) is 3.03. The number of rotatable bonds is 3. The lowest BCUT2D eigenvalue weighted by molar-refractivity contribution is -0.143. The number of carbonyl (C=O) groups is 1. The normalized spacial score (nSPS) is 24.9. The van der Waals surface area contributed by atoms with Crippen molar-refractivity contribution >= 4 is 11.6 Å². The van der Waals surface area contributed by atoms with Gasteiger partial charge in [0.05, 0.1) is 0 Å². The van der Waals surface area contributed by atoms with Gasteiger partial charge in [-0.15, -0.1) is 0 Å². The van der Waals surface area contributed by atoms with Gasteiger partial charge >= 0.3 is 0 Å². The lowest BCUT2D eigenvalue weighted by atomic mass is 9.91. The number of hydrogen-bond donors (Lipinski definition) is 1. The van der Waals surface area contributed by atoms with Crippen LogP contribution in [0.3, 0.4) is 0 Å². The van der Waals surface area contributed by atoms with Crippen LogP contribution in [0, 0.1) is 0 Å². The average molecular weight is 258 g/mol. The van der Waals surface area contributed by atoms with E-state index in [1.807, 2.05) is 35.2 Å². The molecule has 1 aromatic carbocycles. The molecule has 0 spiro atoms. The molecule has 3 nitrogen and oxygen atoms in total. The maximum atomic E-state index is 12.8. The number of benzene rings is 1. The first kappa shape index (κ1) is 12.5. The Bertz CT molecular complexity index is 451. The van der Waals surface area contributed by atoms with Crippen LogP contribution in [0.2, 0.25) is 0 Å². The highest BCUT2D eigenvalue weighted by Gasteiger charge is 2.46. The number of amides is 1. The van der Waals surface area contributed by atoms with Crippen LogP contribution in [-0.2, 0) is 4.79 Å². The summed E-state index contributed by atoms with van der Waals surface area (Å²) in [6.07, 6.45) is 5.36. The van der Waals surface area contributed by atoms with E-state index in [4.69, 9.17) is 0 Å². The Morgan fingerprint density at radius 3 is 2.47 bits per heavy atom. The summed E-state index contributed by atoms with van der Waals surface area (Å²) < 4.78 is 0. The quantitative estimate of drug-likeness (QED) is 0.904. The van der Waals surface area contributed by atoms with Gasteiger partial charge in [0.2, 0.25) is 5.91 Å². The van der Waals surface area contributed by atoms with E-state index in [1.165, 1.54) is 0 Å². The summed E-state index contributed by atoms with van der Waals surface area (Å²) in [5, 5.41) is 3.53. The van der Waals surface area contributed by atoms with Crippen molar-refractivity contribution in [3.63, 3.8) is 0 Å². The zero-order valence-electron chi connectivity index (χ0n) is 11.6. The number of anilines is 1. The fourth-order valence-corrected chi connectivity index (χ4v) is 3.26. The van der Waals surface area contributed by atoms with Gasteiger partial charge in [-0.2, -0.15) is 0 Å². The van der Waals surface area contributed by atoms with E-state index >= 15 is 0 Å². The lowest BCUT2D eigenvalue weighted by Gasteiger charge is -2.44. The van der Waals surface area contributed by atoms with Crippen LogP contribution in [0.4, 0.5) is 5.69 Å². The Morgan fingerprint density at radius 1 is 1.26 bits per heavy atom. The first-order chi connectivity index (χ1) is 9.21. The molecule has 3 heteroatoms. The number of para-hydroxylation sites is 1. The second-order valence-electron chi connectivity index (χ2n) is 5.92. The minimum Gasteiger partial charge on any atom is -0.371 e. The summed E-state index contributed by atoms with van der Waals surface area (Å²) in [5.41, 5.74) is 0.710. The lowest BCUT2D eigenvalue weighted by Crippen LogP contribution is -2.59. The second-order valence-corrected chi connectivity index (χ2v) is 5.92. The molecule has 0 bridgehead atoms. The highest BCUT2D eigenvalue weighted by Crippen LogP contribution is 2.36. The summed E-state index contributed by atoms with van der Waals surface area (Å²) in [7, 11) is 0. The summed E-state index contributed by atoms with van der Waals surface area (Å²) >= 11 is 0. The second kappa shape index (κ2) is 4.87. The molecule has 1 aliphatic heterocycles. The van der Waals surface area contributed by atoms with Crippen molar-refractivity contribution in [3.05, 3.63) is 30.3 Å². The first-order valence-corrected chi connectivity index (χ1v) is 7.36. The summed E-state index contributed by atoms with van der Waals surface area (Å²) in [6.45, 7) is 3.07. The summed E-state index contributed by atoms with van der Waals surface area (Å²) in [5.74, 6) is 0.313. The van der Waals surface area contributed by atoms with E-state index in [1.54, 1.807) is 0 Å². The van der Waals surface area contributed by atoms with Crippen LogP contribution in [0.25, 0.3) is 0 Å². The van der Waals surface area contributed by atoms with E-state index < -0.39 is 0 Å². The third-order valence-corrected chi connectivity index (χ3v) is 4.60. The van der Waals surface area contributed by atoms with E-state index in [2.05, 4.69) is 12.2 Å². The third-order valence-electron chi connectivity index (χ3n) is 4.60. The molecule has 102 valence electrons. The molecular formula is C16H22N2O. The number of hydrogen-bond acceptors (Lipinski definition) is 2. The molecule has 2 aliphatic rings. The molecule has 3 rings (SSSR count). The molecule has 1 N–H and O–H groups in total. The summed E-state index contributed by atoms with van der Waals surface area (Å²) in [6, 6.07) is 10.6. The van der Waals surface area contributed by atoms with Crippen molar-refractivity contribution in [2.24, 2.45) is 0 Å². The van der Waals surface area contributed by atoms with Crippen molar-refractivity contribution in [3.8, 4) is 0 Å². The van der Waals surface area contributed by atoms with Gasteiger partial charge in [-0.1, -0.05) is 31.0 Å². The highest BCUT2D eigenvalue weighted by molar-refractivity contribution is 5.90. The van der Waals surface area contributed by atoms with Gasteiger partial charge in [-0.25, -0.2) is 0 Å². The zero-order valence-corrected chi connectivity index (χ0v) is 11.6. The first-order valence-electron chi connectivity index (χ1n) is 7.36. The molecule has 1 aliphatic carbocycles. The molecule has 1 unspecified atom stereocenters. The van der Waals surface area contributed by atoms with E-state index in [9.17, 15) is 4.79 Å². The monoisotopic (exact) mass is 258 g/mol. The third kappa shape index (κ3) is 2.22. The molecular weight excluding hydrogens is 236 g/mol. The smallest absolute Gasteiger partial charge is 0.248 e. The van der Waals surface area contributed by atoms with Crippen molar-refractivity contribution in [2.45, 2.75) is 50.6 Å². The van der Waals surface area contributed by atoms with E-state index in [-0.39, 0.29) is 5.54 Å². The molecule has 1 atom stereocenters. The van der Waals surface area contributed by atoms with E-state index in [0.717, 1.165) is 44.3 Å². The van der Waals surface area contributed by atoms with Crippen molar-refractivity contribution in [2.75, 3.05) is 11.9 Å². The maximum absolute atomic E-state index is 12.8. The standard InChI is InChI=1S/C16H22N2O/c1-13-9-12-18(13)15(19)16(10-5-6-11-16)17-14-7-3-2-4-8-14/h2-4,7-8,13,17H,5-6,9-12H2,1H3. The largest absolute Gasteiger partial charge is 0.371 e. The predicted molar refractivity (Wildman–Crippen MR) is 77.1 cm³/mol. The molecule has 1 saturated carbocycles. The number of nitrogens with one attached hydrogen (secondary N) is 1. The van der Waals surface area contributed by atoms with Gasteiger partial charge in [-0.3, -0.25) is 4.79 Å². The van der Waals surface area contributed by atoms with Gasteiger partial charge in [0, 0.05) is 18.3 Å². The van der Waals surface area contributed by atoms with Crippen LogP contribution in [0.1, 0.15) is 39.0 Å². The molecule has 0 aromatic heterocycles. The van der Waals surface area contributed by atoms with Crippen LogP contribution in [-0.4, -0.2) is 28.9 Å². The number of likely N-dealkylation sites (tertiary alicyclic amines) is 1. The van der Waals surface area contributed by atoms with Crippen LogP contribution >= 0.6 is 0 Å². The Labute approximate surface area is 115 Å². The molecule has 1 amide bonds. The zero-order chi connectivity index (χ0) is 13.3. The Balaban J connectivity index is 1.81. The molecule has 1 aromatic rings. The van der Waals surface area contributed by atoms with Gasteiger partial charge in [0.15, 0.2) is 0 Å². The molecule has 1 heterocycles.